The number of ether oxygens (including phenoxy) is 2. The molecule has 0 aromatic heterocycles. The molecule has 4 atom stereocenters. The van der Waals surface area contributed by atoms with E-state index in [1.54, 1.807) is 0 Å². The summed E-state index contributed by atoms with van der Waals surface area (Å²) < 4.78 is 11.6. The molecule has 22 heavy (non-hydrogen) atoms. The molecule has 1 heterocycles. The molecule has 3 rings (SSSR count). The van der Waals surface area contributed by atoms with Gasteiger partial charge >= 0.3 is 0 Å². The van der Waals surface area contributed by atoms with Crippen LogP contribution in [0.1, 0.15) is 26.2 Å². The van der Waals surface area contributed by atoms with E-state index in [1.807, 2.05) is 31.2 Å². The fourth-order valence-electron chi connectivity index (χ4n) is 3.18. The fraction of sp³-hybridized carbons (Fsp3) is 0.562. The van der Waals surface area contributed by atoms with Crippen LogP contribution < -0.4 is 20.5 Å². The quantitative estimate of drug-likeness (QED) is 0.889. The van der Waals surface area contributed by atoms with Crippen molar-refractivity contribution >= 4 is 18.3 Å². The summed E-state index contributed by atoms with van der Waals surface area (Å²) in [7, 11) is 0. The molecule has 4 unspecified atom stereocenters. The van der Waals surface area contributed by atoms with E-state index in [-0.39, 0.29) is 30.5 Å². The summed E-state index contributed by atoms with van der Waals surface area (Å²) in [5.41, 5.74) is 5.76. The first-order valence-corrected chi connectivity index (χ1v) is 7.62. The van der Waals surface area contributed by atoms with E-state index in [0.717, 1.165) is 19.3 Å². The highest BCUT2D eigenvalue weighted by Crippen LogP contribution is 2.33. The molecule has 1 saturated carbocycles. The van der Waals surface area contributed by atoms with Gasteiger partial charge in [-0.05, 0) is 44.4 Å². The smallest absolute Gasteiger partial charge is 0.265 e. The zero-order chi connectivity index (χ0) is 14.8. The van der Waals surface area contributed by atoms with Crippen molar-refractivity contribution in [1.82, 2.24) is 5.32 Å². The largest absolute Gasteiger partial charge is 0.482 e. The predicted molar refractivity (Wildman–Crippen MR) is 86.5 cm³/mol. The van der Waals surface area contributed by atoms with E-state index in [2.05, 4.69) is 5.32 Å². The summed E-state index contributed by atoms with van der Waals surface area (Å²) in [6, 6.07) is 7.59. The molecule has 1 aromatic carbocycles. The highest BCUT2D eigenvalue weighted by atomic mass is 35.5. The Morgan fingerprint density at radius 2 is 1.95 bits per heavy atom. The maximum absolute atomic E-state index is 12.5. The Morgan fingerprint density at radius 1 is 1.27 bits per heavy atom. The van der Waals surface area contributed by atoms with Gasteiger partial charge in [-0.25, -0.2) is 0 Å². The van der Waals surface area contributed by atoms with Gasteiger partial charge in [0.15, 0.2) is 11.5 Å². The lowest BCUT2D eigenvalue weighted by Crippen LogP contribution is -2.52. The summed E-state index contributed by atoms with van der Waals surface area (Å²) in [5, 5.41) is 3.09. The molecular formula is C16H23ClN2O3. The molecule has 1 aromatic rings. The fourth-order valence-corrected chi connectivity index (χ4v) is 3.18. The van der Waals surface area contributed by atoms with Crippen molar-refractivity contribution < 1.29 is 14.3 Å². The van der Waals surface area contributed by atoms with Crippen molar-refractivity contribution in [2.24, 2.45) is 11.7 Å². The van der Waals surface area contributed by atoms with Crippen molar-refractivity contribution in [3.05, 3.63) is 24.3 Å². The molecule has 6 heteroatoms. The molecule has 1 amide bonds. The van der Waals surface area contributed by atoms with Gasteiger partial charge < -0.3 is 20.5 Å². The van der Waals surface area contributed by atoms with Crippen molar-refractivity contribution in [2.75, 3.05) is 6.54 Å². The minimum absolute atomic E-state index is 0. The minimum Gasteiger partial charge on any atom is -0.482 e. The summed E-state index contributed by atoms with van der Waals surface area (Å²) in [6.07, 6.45) is 2.28. The highest BCUT2D eigenvalue weighted by Gasteiger charge is 2.36. The van der Waals surface area contributed by atoms with Gasteiger partial charge in [0.1, 0.15) is 6.10 Å². The van der Waals surface area contributed by atoms with Crippen LogP contribution in [0.3, 0.4) is 0 Å². The lowest BCUT2D eigenvalue weighted by atomic mass is 10.0. The topological polar surface area (TPSA) is 73.6 Å². The van der Waals surface area contributed by atoms with Crippen molar-refractivity contribution in [2.45, 2.75) is 44.4 Å². The van der Waals surface area contributed by atoms with E-state index < -0.39 is 6.10 Å². The number of benzene rings is 1. The van der Waals surface area contributed by atoms with Crippen LogP contribution in [0.2, 0.25) is 0 Å². The molecule has 122 valence electrons. The summed E-state index contributed by atoms with van der Waals surface area (Å²) in [6.45, 7) is 2.47. The second-order valence-corrected chi connectivity index (χ2v) is 5.85. The van der Waals surface area contributed by atoms with Gasteiger partial charge in [-0.15, -0.1) is 12.4 Å². The molecule has 1 fully saturated rings. The van der Waals surface area contributed by atoms with E-state index in [4.69, 9.17) is 15.2 Å². The lowest BCUT2D eigenvalue weighted by Gasteiger charge is -2.32. The standard InChI is InChI=1S/C16H22N2O3.ClH/c1-10-15(21-14-8-3-2-7-13(14)20-10)16(19)18-12-6-4-5-11(12)9-17;/h2-3,7-8,10-12,15H,4-6,9,17H2,1H3,(H,18,19);1H. The Morgan fingerprint density at radius 3 is 2.64 bits per heavy atom. The van der Waals surface area contributed by atoms with E-state index in [9.17, 15) is 4.79 Å². The van der Waals surface area contributed by atoms with Gasteiger partial charge in [0, 0.05) is 6.04 Å². The van der Waals surface area contributed by atoms with E-state index in [1.165, 1.54) is 0 Å². The first-order valence-electron chi connectivity index (χ1n) is 7.62. The van der Waals surface area contributed by atoms with Gasteiger partial charge in [-0.1, -0.05) is 18.6 Å². The number of carbonyl (C=O) groups excluding carboxylic acids is 1. The second-order valence-electron chi connectivity index (χ2n) is 5.85. The molecule has 5 nitrogen and oxygen atoms in total. The normalized spacial score (nSPS) is 29.5. The van der Waals surface area contributed by atoms with Crippen LogP contribution in [0.15, 0.2) is 24.3 Å². The van der Waals surface area contributed by atoms with Crippen molar-refractivity contribution in [3.8, 4) is 11.5 Å². The molecule has 2 aliphatic rings. The Bertz CT molecular complexity index is 526. The SMILES string of the molecule is CC1Oc2ccccc2OC1C(=O)NC1CCCC1CN.Cl. The van der Waals surface area contributed by atoms with E-state index >= 15 is 0 Å². The highest BCUT2D eigenvalue weighted by molar-refractivity contribution is 5.85. The Balaban J connectivity index is 0.00000176. The maximum Gasteiger partial charge on any atom is 0.265 e. The number of rotatable bonds is 3. The first-order chi connectivity index (χ1) is 10.2. The number of fused-ring (bicyclic) bond motifs is 1. The van der Waals surface area contributed by atoms with Crippen molar-refractivity contribution in [1.29, 1.82) is 0 Å². The number of halogens is 1. The number of para-hydroxylation sites is 2. The Hall–Kier alpha value is -1.46. The molecule has 3 N–H and O–H groups in total. The zero-order valence-electron chi connectivity index (χ0n) is 12.7. The Kier molecular flexibility index (Phi) is 5.53. The van der Waals surface area contributed by atoms with Crippen molar-refractivity contribution in [3.63, 3.8) is 0 Å². The van der Waals surface area contributed by atoms with Crippen LogP contribution in [-0.4, -0.2) is 30.7 Å². The van der Waals surface area contributed by atoms with Gasteiger partial charge in [0.05, 0.1) is 0 Å². The predicted octanol–water partition coefficient (Wildman–Crippen LogP) is 1.88. The number of nitrogens with one attached hydrogen (secondary N) is 1. The third kappa shape index (κ3) is 3.31. The molecule has 1 aliphatic carbocycles. The van der Waals surface area contributed by atoms with Crippen LogP contribution in [-0.2, 0) is 4.79 Å². The minimum atomic E-state index is -0.612. The number of nitrogens with two attached hydrogens (primary N) is 1. The average molecular weight is 327 g/mol. The molecule has 0 bridgehead atoms. The molecule has 0 spiro atoms. The zero-order valence-corrected chi connectivity index (χ0v) is 13.5. The molecular weight excluding hydrogens is 304 g/mol. The van der Waals surface area contributed by atoms with Gasteiger partial charge in [0.2, 0.25) is 6.10 Å². The number of carbonyl (C=O) groups is 1. The summed E-state index contributed by atoms with van der Waals surface area (Å²) >= 11 is 0. The third-order valence-corrected chi connectivity index (χ3v) is 4.39. The van der Waals surface area contributed by atoms with Gasteiger partial charge in [-0.3, -0.25) is 4.79 Å². The number of hydrogen-bond acceptors (Lipinski definition) is 4. The molecule has 0 radical (unpaired) electrons. The molecule has 0 saturated heterocycles. The van der Waals surface area contributed by atoms with Gasteiger partial charge in [-0.2, -0.15) is 0 Å². The number of amides is 1. The summed E-state index contributed by atoms with van der Waals surface area (Å²) in [5.74, 6) is 1.58. The lowest BCUT2D eigenvalue weighted by molar-refractivity contribution is -0.134. The third-order valence-electron chi connectivity index (χ3n) is 4.39. The average Bonchev–Trinajstić information content (AvgIpc) is 2.93. The Labute approximate surface area is 137 Å². The van der Waals surface area contributed by atoms with Crippen LogP contribution in [0.4, 0.5) is 0 Å². The second kappa shape index (κ2) is 7.20. The van der Waals surface area contributed by atoms with E-state index in [0.29, 0.717) is 24.0 Å². The molecule has 1 aliphatic heterocycles. The first kappa shape index (κ1) is 16.9. The van der Waals surface area contributed by atoms with Gasteiger partial charge in [0.25, 0.3) is 5.91 Å². The summed E-state index contributed by atoms with van der Waals surface area (Å²) in [4.78, 5) is 12.5. The van der Waals surface area contributed by atoms with Crippen LogP contribution in [0.5, 0.6) is 11.5 Å². The van der Waals surface area contributed by atoms with Crippen LogP contribution in [0, 0.1) is 5.92 Å². The maximum atomic E-state index is 12.5. The monoisotopic (exact) mass is 326 g/mol. The number of hydrogen-bond donors (Lipinski definition) is 2. The van der Waals surface area contributed by atoms with Crippen LogP contribution >= 0.6 is 12.4 Å². The van der Waals surface area contributed by atoms with Crippen LogP contribution in [0.25, 0.3) is 0 Å².